The number of hydrogen-bond acceptors (Lipinski definition) is 2. The molecule has 0 amide bonds. The molecule has 0 radical (unpaired) electrons. The highest BCUT2D eigenvalue weighted by Crippen LogP contribution is 2.61. The number of carbonyl (C=O) groups excluding carboxylic acids is 2. The summed E-state index contributed by atoms with van der Waals surface area (Å²) in [5, 5.41) is 0. The summed E-state index contributed by atoms with van der Waals surface area (Å²) in [5.41, 5.74) is -0.598. The van der Waals surface area contributed by atoms with E-state index in [0.29, 0.717) is 29.8 Å². The van der Waals surface area contributed by atoms with Crippen molar-refractivity contribution >= 4 is 11.6 Å². The fourth-order valence-electron chi connectivity index (χ4n) is 6.80. The monoisotopic (exact) mass is 300 g/mol. The minimum Gasteiger partial charge on any atom is -0.299 e. The predicted molar refractivity (Wildman–Crippen MR) is 86.3 cm³/mol. The Hall–Kier alpha value is -0.920. The highest BCUT2D eigenvalue weighted by molar-refractivity contribution is 5.96. The minimum atomic E-state index is -0.398. The van der Waals surface area contributed by atoms with Gasteiger partial charge in [0, 0.05) is 23.2 Å². The van der Waals surface area contributed by atoms with Crippen molar-refractivity contribution < 1.29 is 9.59 Å². The van der Waals surface area contributed by atoms with E-state index < -0.39 is 5.41 Å². The summed E-state index contributed by atoms with van der Waals surface area (Å²) in [4.78, 5) is 26.4. The third-order valence-electron chi connectivity index (χ3n) is 7.37. The molecule has 0 unspecified atom stereocenters. The van der Waals surface area contributed by atoms with Crippen molar-refractivity contribution in [2.75, 3.05) is 0 Å². The highest BCUT2D eigenvalue weighted by atomic mass is 16.1. The molecule has 0 spiro atoms. The SMILES string of the molecule is C[C@]12CCC[C@](C)(CC(=O)[C@@H]3[C@H]4C=C[C@H](C4)C[C@]3(C)C1)C2=O. The van der Waals surface area contributed by atoms with E-state index >= 15 is 0 Å². The lowest BCUT2D eigenvalue weighted by Gasteiger charge is -2.54. The Balaban J connectivity index is 1.81. The first-order valence-electron chi connectivity index (χ1n) is 9.02. The van der Waals surface area contributed by atoms with Crippen LogP contribution >= 0.6 is 0 Å². The Morgan fingerprint density at radius 3 is 2.55 bits per heavy atom. The summed E-state index contributed by atoms with van der Waals surface area (Å²) in [6.07, 6.45) is 11.3. The number of fused-ring (bicyclic) bond motifs is 6. The molecule has 3 fully saturated rings. The van der Waals surface area contributed by atoms with Gasteiger partial charge in [0.2, 0.25) is 0 Å². The van der Waals surface area contributed by atoms with Gasteiger partial charge in [-0.2, -0.15) is 0 Å². The lowest BCUT2D eigenvalue weighted by Crippen LogP contribution is -2.55. The number of hydrogen-bond donors (Lipinski definition) is 0. The number of Topliss-reactive ketones (excluding diaryl/α,β-unsaturated/α-hetero) is 2. The van der Waals surface area contributed by atoms with Crippen molar-refractivity contribution in [1.29, 1.82) is 0 Å². The molecule has 120 valence electrons. The van der Waals surface area contributed by atoms with Crippen molar-refractivity contribution in [3.63, 3.8) is 0 Å². The van der Waals surface area contributed by atoms with E-state index in [-0.39, 0.29) is 16.7 Å². The van der Waals surface area contributed by atoms with Crippen molar-refractivity contribution in [1.82, 2.24) is 0 Å². The normalized spacial score (nSPS) is 53.9. The molecule has 22 heavy (non-hydrogen) atoms. The molecule has 0 aromatic carbocycles. The van der Waals surface area contributed by atoms with Gasteiger partial charge in [0.25, 0.3) is 0 Å². The fourth-order valence-corrected chi connectivity index (χ4v) is 6.80. The van der Waals surface area contributed by atoms with Gasteiger partial charge >= 0.3 is 0 Å². The van der Waals surface area contributed by atoms with E-state index in [4.69, 9.17) is 0 Å². The molecule has 3 saturated carbocycles. The number of carbonyl (C=O) groups is 2. The molecule has 0 aliphatic heterocycles. The Kier molecular flexibility index (Phi) is 2.89. The lowest BCUT2D eigenvalue weighted by atomic mass is 9.48. The Morgan fingerprint density at radius 2 is 1.77 bits per heavy atom. The minimum absolute atomic E-state index is 0.0112. The molecule has 4 aliphatic carbocycles. The Morgan fingerprint density at radius 1 is 1.05 bits per heavy atom. The Bertz CT molecular complexity index is 576. The van der Waals surface area contributed by atoms with Crippen LogP contribution < -0.4 is 0 Å². The van der Waals surface area contributed by atoms with Gasteiger partial charge in [0.1, 0.15) is 11.6 Å². The molecule has 2 heteroatoms. The maximum Gasteiger partial charge on any atom is 0.145 e. The van der Waals surface area contributed by atoms with Gasteiger partial charge in [-0.25, -0.2) is 0 Å². The van der Waals surface area contributed by atoms with Crippen LogP contribution in [-0.4, -0.2) is 11.6 Å². The van der Waals surface area contributed by atoms with Crippen LogP contribution in [0.1, 0.15) is 65.7 Å². The van der Waals surface area contributed by atoms with E-state index in [1.807, 2.05) is 0 Å². The zero-order chi connectivity index (χ0) is 15.8. The van der Waals surface area contributed by atoms with Crippen LogP contribution in [0.4, 0.5) is 0 Å². The molecular formula is C20H28O2. The number of rotatable bonds is 0. The van der Waals surface area contributed by atoms with Crippen LogP contribution in [-0.2, 0) is 9.59 Å². The first-order valence-corrected chi connectivity index (χ1v) is 9.02. The van der Waals surface area contributed by atoms with Crippen molar-refractivity contribution in [3.8, 4) is 0 Å². The van der Waals surface area contributed by atoms with Crippen LogP contribution in [0.25, 0.3) is 0 Å². The molecule has 0 aromatic heterocycles. The van der Waals surface area contributed by atoms with Gasteiger partial charge in [0.15, 0.2) is 0 Å². The third-order valence-corrected chi connectivity index (χ3v) is 7.37. The van der Waals surface area contributed by atoms with Crippen LogP contribution in [0.15, 0.2) is 12.2 Å². The number of allylic oxidation sites excluding steroid dienone is 2. The molecule has 0 saturated heterocycles. The van der Waals surface area contributed by atoms with Crippen LogP contribution in [0.5, 0.6) is 0 Å². The zero-order valence-electron chi connectivity index (χ0n) is 14.2. The van der Waals surface area contributed by atoms with E-state index in [9.17, 15) is 9.59 Å². The maximum atomic E-state index is 13.2. The van der Waals surface area contributed by atoms with Gasteiger partial charge in [-0.05, 0) is 49.4 Å². The van der Waals surface area contributed by atoms with E-state index in [1.54, 1.807) is 0 Å². The molecule has 0 N–H and O–H groups in total. The van der Waals surface area contributed by atoms with Crippen molar-refractivity contribution in [2.24, 2.45) is 34.0 Å². The van der Waals surface area contributed by atoms with Crippen molar-refractivity contribution in [2.45, 2.75) is 65.7 Å². The summed E-state index contributed by atoms with van der Waals surface area (Å²) in [7, 11) is 0. The molecule has 4 aliphatic rings. The quantitative estimate of drug-likeness (QED) is 0.624. The van der Waals surface area contributed by atoms with E-state index in [0.717, 1.165) is 38.5 Å². The molecular weight excluding hydrogens is 272 g/mol. The zero-order valence-corrected chi connectivity index (χ0v) is 14.2. The van der Waals surface area contributed by atoms with E-state index in [2.05, 4.69) is 32.9 Å². The van der Waals surface area contributed by atoms with Crippen LogP contribution in [0, 0.1) is 34.0 Å². The summed E-state index contributed by atoms with van der Waals surface area (Å²) in [5.74, 6) is 1.96. The molecule has 4 bridgehead atoms. The van der Waals surface area contributed by atoms with Crippen molar-refractivity contribution in [3.05, 3.63) is 12.2 Å². The molecule has 0 aromatic rings. The summed E-state index contributed by atoms with van der Waals surface area (Å²) >= 11 is 0. The first kappa shape index (κ1) is 14.7. The summed E-state index contributed by atoms with van der Waals surface area (Å²) in [6, 6.07) is 0. The van der Waals surface area contributed by atoms with Gasteiger partial charge in [-0.1, -0.05) is 39.3 Å². The predicted octanol–water partition coefficient (Wildman–Crippen LogP) is 4.33. The average molecular weight is 300 g/mol. The highest BCUT2D eigenvalue weighted by Gasteiger charge is 2.59. The third kappa shape index (κ3) is 1.85. The Labute approximate surface area is 133 Å². The molecule has 4 rings (SSSR count). The molecule has 2 nitrogen and oxygen atoms in total. The van der Waals surface area contributed by atoms with Crippen LogP contribution in [0.3, 0.4) is 0 Å². The standard InChI is InChI=1S/C20H28O2/c1-18-7-4-8-19(2,17(18)22)12-20(3)10-13-5-6-14(9-13)16(20)15(21)11-18/h5-6,13-14,16H,4,7-12H2,1-3H3/t13-,14+,16+,18-,19+,20-/m1/s1. The molecule has 6 atom stereocenters. The van der Waals surface area contributed by atoms with E-state index in [1.165, 1.54) is 0 Å². The number of ketones is 2. The smallest absolute Gasteiger partial charge is 0.145 e. The second-order valence-corrected chi connectivity index (χ2v) is 9.50. The van der Waals surface area contributed by atoms with Crippen LogP contribution in [0.2, 0.25) is 0 Å². The summed E-state index contributed by atoms with van der Waals surface area (Å²) < 4.78 is 0. The van der Waals surface area contributed by atoms with Gasteiger partial charge in [-0.15, -0.1) is 0 Å². The first-order chi connectivity index (χ1) is 10.3. The second-order valence-electron chi connectivity index (χ2n) is 9.50. The lowest BCUT2D eigenvalue weighted by molar-refractivity contribution is -0.157. The topological polar surface area (TPSA) is 34.1 Å². The van der Waals surface area contributed by atoms with Gasteiger partial charge in [0.05, 0.1) is 0 Å². The summed E-state index contributed by atoms with van der Waals surface area (Å²) in [6.45, 7) is 6.55. The van der Waals surface area contributed by atoms with Gasteiger partial charge < -0.3 is 0 Å². The fraction of sp³-hybridized carbons (Fsp3) is 0.800. The van der Waals surface area contributed by atoms with Gasteiger partial charge in [-0.3, -0.25) is 9.59 Å². The average Bonchev–Trinajstić information content (AvgIpc) is 2.77. The maximum absolute atomic E-state index is 13.2. The second kappa shape index (κ2) is 4.33. The largest absolute Gasteiger partial charge is 0.299 e. The molecule has 0 heterocycles.